The summed E-state index contributed by atoms with van der Waals surface area (Å²) in [6.07, 6.45) is 3.01. The van der Waals surface area contributed by atoms with E-state index in [0.717, 1.165) is 10.9 Å². The molecule has 1 saturated carbocycles. The number of hydrogen-bond acceptors (Lipinski definition) is 5. The molecule has 168 valence electrons. The summed E-state index contributed by atoms with van der Waals surface area (Å²) < 4.78 is 5.97. The van der Waals surface area contributed by atoms with Gasteiger partial charge >= 0.3 is 5.97 Å². The topological polar surface area (TPSA) is 92.8 Å². The lowest BCUT2D eigenvalue weighted by atomic mass is 9.82. The molecule has 1 N–H and O–H groups in total. The molecule has 7 nitrogen and oxygen atoms in total. The van der Waals surface area contributed by atoms with Crippen LogP contribution in [0.3, 0.4) is 0 Å². The Balaban J connectivity index is 1.21. The monoisotopic (exact) mass is 508 g/mol. The number of nitrogens with zero attached hydrogens (tertiary/aromatic N) is 1. The Bertz CT molecular complexity index is 1190. The predicted molar refractivity (Wildman–Crippen MR) is 124 cm³/mol. The number of fused-ring (bicyclic) bond motifs is 5. The fourth-order valence-corrected chi connectivity index (χ4v) is 5.48. The SMILES string of the molecule is CC1=C[C@H]2C[C@H]1[C@H]1C(=O)N(c3ccc(C(=O)OCC(=O)Nc4ccc(Br)cc4)cc3)C(=O)[C@H]12. The number of benzene rings is 2. The second-order valence-electron chi connectivity index (χ2n) is 8.66. The fraction of sp³-hybridized carbons (Fsp3) is 0.280. The lowest BCUT2D eigenvalue weighted by Gasteiger charge is -2.19. The molecule has 8 heteroatoms. The summed E-state index contributed by atoms with van der Waals surface area (Å²) in [7, 11) is 0. The molecule has 5 rings (SSSR count). The summed E-state index contributed by atoms with van der Waals surface area (Å²) in [5.74, 6) is -1.71. The van der Waals surface area contributed by atoms with Crippen LogP contribution in [-0.2, 0) is 19.1 Å². The summed E-state index contributed by atoms with van der Waals surface area (Å²) in [6, 6.07) is 13.1. The molecular weight excluding hydrogens is 488 g/mol. The second-order valence-corrected chi connectivity index (χ2v) is 9.57. The highest BCUT2D eigenvalue weighted by molar-refractivity contribution is 9.10. The molecule has 1 heterocycles. The van der Waals surface area contributed by atoms with Crippen molar-refractivity contribution >= 4 is 51.0 Å². The van der Waals surface area contributed by atoms with Crippen LogP contribution in [0.25, 0.3) is 0 Å². The van der Waals surface area contributed by atoms with Crippen LogP contribution >= 0.6 is 15.9 Å². The van der Waals surface area contributed by atoms with E-state index >= 15 is 0 Å². The Kier molecular flexibility index (Phi) is 5.40. The quantitative estimate of drug-likeness (QED) is 0.375. The van der Waals surface area contributed by atoms with Crippen LogP contribution in [0.1, 0.15) is 23.7 Å². The van der Waals surface area contributed by atoms with Gasteiger partial charge in [0.2, 0.25) is 11.8 Å². The first kappa shape index (κ1) is 21.6. The number of ether oxygens (including phenoxy) is 1. The number of allylic oxidation sites excluding steroid dienone is 2. The molecule has 0 unspecified atom stereocenters. The molecule has 2 fully saturated rings. The van der Waals surface area contributed by atoms with Crippen molar-refractivity contribution < 1.29 is 23.9 Å². The number of carbonyl (C=O) groups excluding carboxylic acids is 4. The minimum absolute atomic E-state index is 0.138. The Morgan fingerprint density at radius 3 is 2.39 bits per heavy atom. The van der Waals surface area contributed by atoms with Gasteiger partial charge in [-0.25, -0.2) is 4.79 Å². The van der Waals surface area contributed by atoms with E-state index in [4.69, 9.17) is 4.74 Å². The molecule has 2 aromatic carbocycles. The average molecular weight is 509 g/mol. The molecule has 1 aliphatic heterocycles. The van der Waals surface area contributed by atoms with Gasteiger partial charge in [-0.3, -0.25) is 19.3 Å². The maximum Gasteiger partial charge on any atom is 0.338 e. The molecule has 3 aliphatic rings. The Morgan fingerprint density at radius 2 is 1.70 bits per heavy atom. The van der Waals surface area contributed by atoms with Crippen LogP contribution in [0.15, 0.2) is 64.7 Å². The first-order valence-corrected chi connectivity index (χ1v) is 11.5. The van der Waals surface area contributed by atoms with Gasteiger partial charge in [0.05, 0.1) is 23.1 Å². The third-order valence-electron chi connectivity index (χ3n) is 6.70. The minimum Gasteiger partial charge on any atom is -0.452 e. The largest absolute Gasteiger partial charge is 0.452 e. The van der Waals surface area contributed by atoms with Gasteiger partial charge in [0, 0.05) is 10.2 Å². The summed E-state index contributed by atoms with van der Waals surface area (Å²) in [4.78, 5) is 51.6. The number of esters is 1. The van der Waals surface area contributed by atoms with Crippen molar-refractivity contribution in [2.75, 3.05) is 16.8 Å². The van der Waals surface area contributed by atoms with Gasteiger partial charge in [-0.15, -0.1) is 0 Å². The van der Waals surface area contributed by atoms with Crippen LogP contribution in [0.2, 0.25) is 0 Å². The van der Waals surface area contributed by atoms with Crippen molar-refractivity contribution in [3.8, 4) is 0 Å². The molecule has 0 aromatic heterocycles. The van der Waals surface area contributed by atoms with Gasteiger partial charge in [-0.05, 0) is 73.7 Å². The summed E-state index contributed by atoms with van der Waals surface area (Å²) >= 11 is 3.32. The van der Waals surface area contributed by atoms with Crippen molar-refractivity contribution in [1.29, 1.82) is 0 Å². The van der Waals surface area contributed by atoms with Crippen LogP contribution in [0, 0.1) is 23.7 Å². The normalized spacial score (nSPS) is 25.2. The van der Waals surface area contributed by atoms with E-state index in [2.05, 4.69) is 27.3 Å². The van der Waals surface area contributed by atoms with Gasteiger partial charge in [0.1, 0.15) is 0 Å². The van der Waals surface area contributed by atoms with E-state index in [1.807, 2.05) is 6.92 Å². The van der Waals surface area contributed by atoms with E-state index < -0.39 is 18.5 Å². The zero-order valence-electron chi connectivity index (χ0n) is 17.8. The van der Waals surface area contributed by atoms with E-state index in [-0.39, 0.29) is 41.0 Å². The molecule has 2 aromatic rings. The van der Waals surface area contributed by atoms with Crippen LogP contribution < -0.4 is 10.2 Å². The van der Waals surface area contributed by atoms with Crippen molar-refractivity contribution in [1.82, 2.24) is 0 Å². The summed E-state index contributed by atoms with van der Waals surface area (Å²) in [5.41, 5.74) is 2.46. The van der Waals surface area contributed by atoms with Gasteiger partial charge in [0.15, 0.2) is 6.61 Å². The number of halogens is 1. The highest BCUT2D eigenvalue weighted by atomic mass is 79.9. The van der Waals surface area contributed by atoms with Crippen LogP contribution in [-0.4, -0.2) is 30.3 Å². The van der Waals surface area contributed by atoms with Gasteiger partial charge in [-0.2, -0.15) is 0 Å². The van der Waals surface area contributed by atoms with Crippen LogP contribution in [0.4, 0.5) is 11.4 Å². The molecule has 0 spiro atoms. The summed E-state index contributed by atoms with van der Waals surface area (Å²) in [6.45, 7) is 1.60. The molecule has 33 heavy (non-hydrogen) atoms. The lowest BCUT2D eigenvalue weighted by Crippen LogP contribution is -2.33. The van der Waals surface area contributed by atoms with Gasteiger partial charge in [0.25, 0.3) is 5.91 Å². The fourth-order valence-electron chi connectivity index (χ4n) is 5.22. The van der Waals surface area contributed by atoms with E-state index in [0.29, 0.717) is 11.4 Å². The van der Waals surface area contributed by atoms with Crippen molar-refractivity contribution in [2.24, 2.45) is 23.7 Å². The average Bonchev–Trinajstić information content (AvgIpc) is 3.44. The third kappa shape index (κ3) is 3.78. The molecule has 3 amide bonds. The first-order chi connectivity index (χ1) is 15.8. The molecule has 4 atom stereocenters. The predicted octanol–water partition coefficient (Wildman–Crippen LogP) is 3.95. The molecular formula is C25H21BrN2O5. The maximum atomic E-state index is 13.0. The van der Waals surface area contributed by atoms with Crippen molar-refractivity contribution in [3.63, 3.8) is 0 Å². The molecule has 0 radical (unpaired) electrons. The molecule has 2 aliphatic carbocycles. The lowest BCUT2D eigenvalue weighted by molar-refractivity contribution is -0.123. The smallest absolute Gasteiger partial charge is 0.338 e. The number of carbonyl (C=O) groups is 4. The zero-order valence-corrected chi connectivity index (χ0v) is 19.4. The number of anilines is 2. The van der Waals surface area contributed by atoms with Crippen molar-refractivity contribution in [3.05, 3.63) is 70.2 Å². The standard InChI is InChI=1S/C25H21BrN2O5/c1-13-10-15-11-19(13)22-21(15)23(30)28(24(22)31)18-8-2-14(3-9-18)25(32)33-12-20(29)27-17-6-4-16(26)5-7-17/h2-10,15,19,21-22H,11-12H2,1H3,(H,27,29)/t15-,19+,21-,22+/m0/s1. The number of hydrogen-bond donors (Lipinski definition) is 1. The van der Waals surface area contributed by atoms with E-state index in [1.54, 1.807) is 36.4 Å². The molecule has 1 saturated heterocycles. The number of imide groups is 1. The maximum absolute atomic E-state index is 13.0. The van der Waals surface area contributed by atoms with Crippen LogP contribution in [0.5, 0.6) is 0 Å². The highest BCUT2D eigenvalue weighted by Gasteiger charge is 2.60. The van der Waals surface area contributed by atoms with Crippen molar-refractivity contribution in [2.45, 2.75) is 13.3 Å². The van der Waals surface area contributed by atoms with E-state index in [1.165, 1.54) is 22.6 Å². The van der Waals surface area contributed by atoms with E-state index in [9.17, 15) is 19.2 Å². The minimum atomic E-state index is -0.665. The first-order valence-electron chi connectivity index (χ1n) is 10.7. The second kappa shape index (κ2) is 8.26. The number of nitrogens with one attached hydrogen (secondary N) is 1. The highest BCUT2D eigenvalue weighted by Crippen LogP contribution is 2.55. The summed E-state index contributed by atoms with van der Waals surface area (Å²) in [5, 5.41) is 2.64. The number of rotatable bonds is 5. The Labute approximate surface area is 198 Å². The zero-order chi connectivity index (χ0) is 23.3. The molecule has 2 bridgehead atoms. The number of amides is 3. The Morgan fingerprint density at radius 1 is 1.03 bits per heavy atom. The van der Waals surface area contributed by atoms with Gasteiger partial charge < -0.3 is 10.1 Å². The third-order valence-corrected chi connectivity index (χ3v) is 7.23. The van der Waals surface area contributed by atoms with Gasteiger partial charge in [-0.1, -0.05) is 27.6 Å². The Hall–Kier alpha value is -3.26.